The molecule has 0 spiro atoms. The molecule has 0 bridgehead atoms. The zero-order chi connectivity index (χ0) is 9.14. The van der Waals surface area contributed by atoms with Crippen LogP contribution in [0.2, 0.25) is 10.0 Å². The molecule has 0 saturated carbocycles. The molecule has 66 valence electrons. The van der Waals surface area contributed by atoms with Crippen LogP contribution in [0.15, 0.2) is 18.2 Å². The van der Waals surface area contributed by atoms with Crippen LogP contribution >= 0.6 is 23.2 Å². The lowest BCUT2D eigenvalue weighted by molar-refractivity contribution is 0.133. The van der Waals surface area contributed by atoms with Crippen LogP contribution in [-0.4, -0.2) is 5.21 Å². The average molecular weight is 206 g/mol. The van der Waals surface area contributed by atoms with Crippen LogP contribution in [0.4, 0.5) is 0 Å². The summed E-state index contributed by atoms with van der Waals surface area (Å²) in [5.41, 5.74) is 2.81. The first-order valence-corrected chi connectivity index (χ1v) is 4.26. The van der Waals surface area contributed by atoms with E-state index < -0.39 is 0 Å². The molecule has 0 aromatic heterocycles. The van der Waals surface area contributed by atoms with Gasteiger partial charge >= 0.3 is 0 Å². The van der Waals surface area contributed by atoms with Crippen LogP contribution in [0.1, 0.15) is 18.5 Å². The van der Waals surface area contributed by atoms with Gasteiger partial charge in [0.2, 0.25) is 0 Å². The third-order valence-corrected chi connectivity index (χ3v) is 2.29. The Hall–Kier alpha value is -0.280. The van der Waals surface area contributed by atoms with E-state index in [-0.39, 0.29) is 6.04 Å². The molecule has 0 aliphatic carbocycles. The minimum atomic E-state index is -0.258. The van der Waals surface area contributed by atoms with Gasteiger partial charge in [-0.15, -0.1) is 0 Å². The largest absolute Gasteiger partial charge is 0.316 e. The lowest BCUT2D eigenvalue weighted by Crippen LogP contribution is -2.13. The standard InChI is InChI=1S/C8H9Cl2NO/c1-5(11-12)8-6(9)3-2-4-7(8)10/h2-5,11-12H,1H3. The van der Waals surface area contributed by atoms with Crippen molar-refractivity contribution in [3.05, 3.63) is 33.8 Å². The van der Waals surface area contributed by atoms with E-state index in [0.717, 1.165) is 0 Å². The summed E-state index contributed by atoms with van der Waals surface area (Å²) in [5.74, 6) is 0. The van der Waals surface area contributed by atoms with E-state index in [1.807, 2.05) is 0 Å². The van der Waals surface area contributed by atoms with Gasteiger partial charge in [0.1, 0.15) is 0 Å². The van der Waals surface area contributed by atoms with Crippen molar-refractivity contribution in [1.29, 1.82) is 0 Å². The number of hydrogen-bond acceptors (Lipinski definition) is 2. The molecule has 0 radical (unpaired) electrons. The SMILES string of the molecule is CC(NO)c1c(Cl)cccc1Cl. The van der Waals surface area contributed by atoms with Gasteiger partial charge in [-0.2, -0.15) is 5.48 Å². The maximum Gasteiger partial charge on any atom is 0.0570 e. The third kappa shape index (κ3) is 1.90. The Bertz CT molecular complexity index is 258. The summed E-state index contributed by atoms with van der Waals surface area (Å²) in [6, 6.07) is 4.97. The van der Waals surface area contributed by atoms with Crippen molar-refractivity contribution in [3.63, 3.8) is 0 Å². The number of nitrogens with one attached hydrogen (secondary N) is 1. The highest BCUT2D eigenvalue weighted by Crippen LogP contribution is 2.29. The van der Waals surface area contributed by atoms with Gasteiger partial charge in [-0.25, -0.2) is 0 Å². The Labute approximate surface area is 81.1 Å². The first kappa shape index (κ1) is 9.81. The Kier molecular flexibility index (Phi) is 3.35. The average Bonchev–Trinajstić information content (AvgIpc) is 2.03. The Balaban J connectivity index is 3.12. The van der Waals surface area contributed by atoms with E-state index in [1.165, 1.54) is 0 Å². The normalized spacial score (nSPS) is 13.0. The molecule has 1 aromatic carbocycles. The molecule has 2 N–H and O–H groups in total. The predicted molar refractivity (Wildman–Crippen MR) is 49.8 cm³/mol. The predicted octanol–water partition coefficient (Wildman–Crippen LogP) is 3.03. The van der Waals surface area contributed by atoms with Gasteiger partial charge in [-0.3, -0.25) is 0 Å². The fourth-order valence-electron chi connectivity index (χ4n) is 0.989. The number of benzene rings is 1. The first-order chi connectivity index (χ1) is 5.66. The molecule has 12 heavy (non-hydrogen) atoms. The molecule has 2 nitrogen and oxygen atoms in total. The van der Waals surface area contributed by atoms with E-state index in [9.17, 15) is 0 Å². The fourth-order valence-corrected chi connectivity index (χ4v) is 1.71. The molecule has 4 heteroatoms. The minimum absolute atomic E-state index is 0.258. The number of rotatable bonds is 2. The van der Waals surface area contributed by atoms with Gasteiger partial charge in [-0.1, -0.05) is 29.3 Å². The lowest BCUT2D eigenvalue weighted by Gasteiger charge is -2.12. The molecule has 0 amide bonds. The smallest absolute Gasteiger partial charge is 0.0570 e. The molecule has 0 fully saturated rings. The second kappa shape index (κ2) is 4.10. The minimum Gasteiger partial charge on any atom is -0.316 e. The first-order valence-electron chi connectivity index (χ1n) is 3.50. The summed E-state index contributed by atoms with van der Waals surface area (Å²) in [5, 5.41) is 9.77. The summed E-state index contributed by atoms with van der Waals surface area (Å²) in [6.07, 6.45) is 0. The van der Waals surface area contributed by atoms with Gasteiger partial charge in [-0.05, 0) is 19.1 Å². The molecule has 1 unspecified atom stereocenters. The summed E-state index contributed by atoms with van der Waals surface area (Å²) in [4.78, 5) is 0. The lowest BCUT2D eigenvalue weighted by atomic mass is 10.1. The summed E-state index contributed by atoms with van der Waals surface area (Å²) in [6.45, 7) is 1.77. The van der Waals surface area contributed by atoms with E-state index in [2.05, 4.69) is 5.48 Å². The summed E-state index contributed by atoms with van der Waals surface area (Å²) in [7, 11) is 0. The second-order valence-electron chi connectivity index (χ2n) is 2.49. The maximum absolute atomic E-state index is 8.67. The van der Waals surface area contributed by atoms with Crippen LogP contribution in [0.3, 0.4) is 0 Å². The van der Waals surface area contributed by atoms with Crippen molar-refractivity contribution >= 4 is 23.2 Å². The highest BCUT2D eigenvalue weighted by molar-refractivity contribution is 6.36. The number of hydroxylamine groups is 1. The molecule has 0 heterocycles. The van der Waals surface area contributed by atoms with Crippen LogP contribution in [0, 0.1) is 0 Å². The maximum atomic E-state index is 8.67. The second-order valence-corrected chi connectivity index (χ2v) is 3.30. The Morgan fingerprint density at radius 2 is 1.83 bits per heavy atom. The Morgan fingerprint density at radius 3 is 2.25 bits per heavy atom. The van der Waals surface area contributed by atoms with Crippen molar-refractivity contribution in [3.8, 4) is 0 Å². The Morgan fingerprint density at radius 1 is 1.33 bits per heavy atom. The van der Waals surface area contributed by atoms with Crippen LogP contribution < -0.4 is 5.48 Å². The van der Waals surface area contributed by atoms with Gasteiger partial charge in [0.05, 0.1) is 6.04 Å². The van der Waals surface area contributed by atoms with Gasteiger partial charge in [0.15, 0.2) is 0 Å². The molecule has 1 rings (SSSR count). The van der Waals surface area contributed by atoms with E-state index in [1.54, 1.807) is 25.1 Å². The summed E-state index contributed by atoms with van der Waals surface area (Å²) < 4.78 is 0. The number of hydrogen-bond donors (Lipinski definition) is 2. The van der Waals surface area contributed by atoms with Gasteiger partial charge < -0.3 is 5.21 Å². The van der Waals surface area contributed by atoms with Crippen molar-refractivity contribution < 1.29 is 5.21 Å². The van der Waals surface area contributed by atoms with Crippen molar-refractivity contribution in [1.82, 2.24) is 5.48 Å². The molecule has 0 aliphatic heterocycles. The number of halogens is 2. The quantitative estimate of drug-likeness (QED) is 0.729. The molecular weight excluding hydrogens is 197 g/mol. The van der Waals surface area contributed by atoms with Crippen molar-refractivity contribution in [2.75, 3.05) is 0 Å². The zero-order valence-electron chi connectivity index (χ0n) is 6.51. The molecular formula is C8H9Cl2NO. The zero-order valence-corrected chi connectivity index (χ0v) is 8.02. The van der Waals surface area contributed by atoms with Gasteiger partial charge in [0, 0.05) is 15.6 Å². The fraction of sp³-hybridized carbons (Fsp3) is 0.250. The van der Waals surface area contributed by atoms with Crippen LogP contribution in [0.25, 0.3) is 0 Å². The topological polar surface area (TPSA) is 32.3 Å². The van der Waals surface area contributed by atoms with E-state index in [0.29, 0.717) is 15.6 Å². The summed E-state index contributed by atoms with van der Waals surface area (Å²) >= 11 is 11.7. The molecule has 1 aromatic rings. The molecule has 0 saturated heterocycles. The van der Waals surface area contributed by atoms with E-state index >= 15 is 0 Å². The third-order valence-electron chi connectivity index (χ3n) is 1.63. The highest BCUT2D eigenvalue weighted by atomic mass is 35.5. The van der Waals surface area contributed by atoms with Crippen LogP contribution in [-0.2, 0) is 0 Å². The van der Waals surface area contributed by atoms with Gasteiger partial charge in [0.25, 0.3) is 0 Å². The van der Waals surface area contributed by atoms with Crippen molar-refractivity contribution in [2.45, 2.75) is 13.0 Å². The van der Waals surface area contributed by atoms with E-state index in [4.69, 9.17) is 28.4 Å². The monoisotopic (exact) mass is 205 g/mol. The highest BCUT2D eigenvalue weighted by Gasteiger charge is 2.11. The van der Waals surface area contributed by atoms with Crippen molar-refractivity contribution in [2.24, 2.45) is 0 Å². The molecule has 1 atom stereocenters. The van der Waals surface area contributed by atoms with Crippen LogP contribution in [0.5, 0.6) is 0 Å². The molecule has 0 aliphatic rings.